The Kier molecular flexibility index (Phi) is 6.19. The molecule has 0 radical (unpaired) electrons. The van der Waals surface area contributed by atoms with Gasteiger partial charge in [0.05, 0.1) is 0 Å². The number of para-hydroxylation sites is 1. The Bertz CT molecular complexity index is 962. The summed E-state index contributed by atoms with van der Waals surface area (Å²) in [4.78, 5) is 5.86. The van der Waals surface area contributed by atoms with Crippen molar-refractivity contribution < 1.29 is 0 Å². The Balaban J connectivity index is 1.61. The fraction of sp³-hybridized carbons (Fsp3) is 0.400. The quantitative estimate of drug-likeness (QED) is 0.374. The van der Waals surface area contributed by atoms with E-state index in [9.17, 15) is 0 Å². The third-order valence-electron chi connectivity index (χ3n) is 6.01. The van der Waals surface area contributed by atoms with Gasteiger partial charge in [0.25, 0.3) is 0 Å². The molecule has 152 valence electrons. The second-order valence-corrected chi connectivity index (χ2v) is 8.83. The van der Waals surface area contributed by atoms with Gasteiger partial charge in [-0.25, -0.2) is 0 Å². The van der Waals surface area contributed by atoms with Gasteiger partial charge in [-0.15, -0.1) is 0 Å². The molecule has 0 spiro atoms. The van der Waals surface area contributed by atoms with E-state index in [1.54, 1.807) is 0 Å². The Labute approximate surface area is 179 Å². The van der Waals surface area contributed by atoms with Crippen LogP contribution in [0.4, 0.5) is 5.69 Å². The van der Waals surface area contributed by atoms with Gasteiger partial charge in [-0.05, 0) is 73.8 Å². The lowest BCUT2D eigenvalue weighted by atomic mass is 10.1. The lowest BCUT2D eigenvalue weighted by Gasteiger charge is -2.34. The third-order valence-corrected chi connectivity index (χ3v) is 6.35. The fourth-order valence-corrected chi connectivity index (χ4v) is 4.96. The molecule has 1 aliphatic carbocycles. The summed E-state index contributed by atoms with van der Waals surface area (Å²) in [7, 11) is 0. The first-order valence-corrected chi connectivity index (χ1v) is 11.2. The van der Waals surface area contributed by atoms with Crippen LogP contribution in [-0.2, 0) is 6.54 Å². The number of thiocarbonyl (C=S) groups is 1. The van der Waals surface area contributed by atoms with Crippen LogP contribution in [0.15, 0.2) is 48.7 Å². The summed E-state index contributed by atoms with van der Waals surface area (Å²) in [6, 6.07) is 15.6. The molecular weight excluding hydrogens is 374 g/mol. The maximum atomic E-state index is 5.97. The minimum absolute atomic E-state index is 0.497. The minimum atomic E-state index is 0.497. The first kappa shape index (κ1) is 20.0. The Morgan fingerprint density at radius 3 is 2.45 bits per heavy atom. The molecule has 1 heterocycles. The Morgan fingerprint density at radius 2 is 1.72 bits per heavy atom. The maximum absolute atomic E-state index is 5.97. The van der Waals surface area contributed by atoms with Crippen LogP contribution in [0.3, 0.4) is 0 Å². The summed E-state index contributed by atoms with van der Waals surface area (Å²) in [5.41, 5.74) is 6.11. The number of benzene rings is 2. The van der Waals surface area contributed by atoms with Crippen LogP contribution in [0.25, 0.3) is 10.9 Å². The average molecular weight is 406 g/mol. The van der Waals surface area contributed by atoms with Gasteiger partial charge >= 0.3 is 0 Å². The van der Waals surface area contributed by atoms with Crippen molar-refractivity contribution in [1.82, 2.24) is 9.88 Å². The van der Waals surface area contributed by atoms with Crippen LogP contribution in [0.2, 0.25) is 0 Å². The number of hydrogen-bond donors (Lipinski definition) is 2. The zero-order chi connectivity index (χ0) is 20.2. The first-order chi connectivity index (χ1) is 14.1. The van der Waals surface area contributed by atoms with Gasteiger partial charge in [0.2, 0.25) is 0 Å². The first-order valence-electron chi connectivity index (χ1n) is 10.8. The van der Waals surface area contributed by atoms with E-state index in [2.05, 4.69) is 77.7 Å². The molecular formula is C25H31N3S. The molecule has 1 fully saturated rings. The summed E-state index contributed by atoms with van der Waals surface area (Å²) in [6.45, 7) is 5.11. The summed E-state index contributed by atoms with van der Waals surface area (Å²) in [5, 5.41) is 5.68. The molecule has 0 bridgehead atoms. The topological polar surface area (TPSA) is 31.1 Å². The van der Waals surface area contributed by atoms with Crippen molar-refractivity contribution in [2.45, 2.75) is 65.0 Å². The second-order valence-electron chi connectivity index (χ2n) is 8.44. The number of H-pyrrole nitrogens is 1. The molecule has 3 nitrogen and oxygen atoms in total. The molecule has 4 rings (SSSR count). The molecule has 0 amide bonds. The highest BCUT2D eigenvalue weighted by molar-refractivity contribution is 7.80. The number of hydrogen-bond acceptors (Lipinski definition) is 1. The van der Waals surface area contributed by atoms with Crippen LogP contribution < -0.4 is 5.32 Å². The zero-order valence-electron chi connectivity index (χ0n) is 17.5. The van der Waals surface area contributed by atoms with Crippen molar-refractivity contribution >= 4 is 33.9 Å². The number of anilines is 1. The van der Waals surface area contributed by atoms with Gasteiger partial charge in [-0.2, -0.15) is 0 Å². The zero-order valence-corrected chi connectivity index (χ0v) is 18.3. The lowest BCUT2D eigenvalue weighted by Crippen LogP contribution is -2.42. The number of fused-ring (bicyclic) bond motifs is 1. The average Bonchev–Trinajstić information content (AvgIpc) is 2.90. The van der Waals surface area contributed by atoms with Crippen molar-refractivity contribution in [1.29, 1.82) is 0 Å². The Hall–Kier alpha value is -2.33. The van der Waals surface area contributed by atoms with Gasteiger partial charge in [-0.1, -0.05) is 49.9 Å². The molecule has 0 unspecified atom stereocenters. The van der Waals surface area contributed by atoms with Crippen LogP contribution in [0.5, 0.6) is 0 Å². The number of rotatable bonds is 4. The van der Waals surface area contributed by atoms with Crippen LogP contribution in [0, 0.1) is 13.8 Å². The van der Waals surface area contributed by atoms with E-state index in [0.717, 1.165) is 17.3 Å². The number of aromatic nitrogens is 1. The number of nitrogens with zero attached hydrogens (tertiary/aromatic N) is 1. The SMILES string of the molecule is Cc1cc(C)cc(NC(=S)N(Cc2c[nH]c3ccccc23)C2CCCCCC2)c1. The van der Waals surface area contributed by atoms with Crippen LogP contribution >= 0.6 is 12.2 Å². The van der Waals surface area contributed by atoms with Crippen LogP contribution in [-0.4, -0.2) is 21.0 Å². The summed E-state index contributed by atoms with van der Waals surface area (Å²) in [5.74, 6) is 0. The number of aromatic amines is 1. The molecule has 1 saturated carbocycles. The number of nitrogens with one attached hydrogen (secondary N) is 2. The van der Waals surface area contributed by atoms with E-state index >= 15 is 0 Å². The van der Waals surface area contributed by atoms with Gasteiger partial charge in [0, 0.05) is 35.4 Å². The molecule has 0 aliphatic heterocycles. The van der Waals surface area contributed by atoms with Gasteiger partial charge in [0.1, 0.15) is 0 Å². The molecule has 4 heteroatoms. The van der Waals surface area contributed by atoms with Gasteiger partial charge in [-0.3, -0.25) is 0 Å². The smallest absolute Gasteiger partial charge is 0.173 e. The molecule has 0 saturated heterocycles. The van der Waals surface area contributed by atoms with Crippen molar-refractivity contribution in [3.63, 3.8) is 0 Å². The molecule has 1 aliphatic rings. The van der Waals surface area contributed by atoms with Crippen molar-refractivity contribution in [3.05, 3.63) is 65.4 Å². The molecule has 1 aromatic heterocycles. The molecule has 0 atom stereocenters. The van der Waals surface area contributed by atoms with Crippen molar-refractivity contribution in [2.24, 2.45) is 0 Å². The van der Waals surface area contributed by atoms with Gasteiger partial charge < -0.3 is 15.2 Å². The summed E-state index contributed by atoms with van der Waals surface area (Å²) < 4.78 is 0. The highest BCUT2D eigenvalue weighted by Gasteiger charge is 2.24. The van der Waals surface area contributed by atoms with Crippen molar-refractivity contribution in [2.75, 3.05) is 5.32 Å². The van der Waals surface area contributed by atoms with Gasteiger partial charge in [0.15, 0.2) is 5.11 Å². The fourth-order valence-electron chi connectivity index (χ4n) is 4.62. The monoisotopic (exact) mass is 405 g/mol. The van der Waals surface area contributed by atoms with E-state index in [1.165, 1.54) is 66.1 Å². The second kappa shape index (κ2) is 9.00. The van der Waals surface area contributed by atoms with E-state index in [1.807, 2.05) is 0 Å². The maximum Gasteiger partial charge on any atom is 0.173 e. The predicted octanol–water partition coefficient (Wildman–Crippen LogP) is 6.71. The molecule has 29 heavy (non-hydrogen) atoms. The standard InChI is InChI=1S/C25H31N3S/c1-18-13-19(2)15-21(14-18)27-25(29)28(22-9-5-3-4-6-10-22)17-20-16-26-24-12-8-7-11-23(20)24/h7-8,11-16,22,26H,3-6,9-10,17H2,1-2H3,(H,27,29). The van der Waals surface area contributed by atoms with E-state index in [4.69, 9.17) is 12.2 Å². The molecule has 3 aromatic rings. The summed E-state index contributed by atoms with van der Waals surface area (Å²) in [6.07, 6.45) is 9.85. The minimum Gasteiger partial charge on any atom is -0.361 e. The lowest BCUT2D eigenvalue weighted by molar-refractivity contribution is 0.281. The highest BCUT2D eigenvalue weighted by atomic mass is 32.1. The molecule has 2 N–H and O–H groups in total. The number of aryl methyl sites for hydroxylation is 2. The van der Waals surface area contributed by atoms with E-state index < -0.39 is 0 Å². The van der Waals surface area contributed by atoms with E-state index in [-0.39, 0.29) is 0 Å². The van der Waals surface area contributed by atoms with E-state index in [0.29, 0.717) is 6.04 Å². The third kappa shape index (κ3) is 4.81. The largest absolute Gasteiger partial charge is 0.361 e. The predicted molar refractivity (Wildman–Crippen MR) is 127 cm³/mol. The summed E-state index contributed by atoms with van der Waals surface area (Å²) >= 11 is 5.97. The molecule has 2 aromatic carbocycles. The van der Waals surface area contributed by atoms with Crippen molar-refractivity contribution in [3.8, 4) is 0 Å². The highest BCUT2D eigenvalue weighted by Crippen LogP contribution is 2.27. The van der Waals surface area contributed by atoms with Crippen LogP contribution in [0.1, 0.15) is 55.2 Å². The normalized spacial score (nSPS) is 15.2. The Morgan fingerprint density at radius 1 is 1.03 bits per heavy atom.